The highest BCUT2D eigenvalue weighted by Crippen LogP contribution is 2.35. The average molecular weight is 320 g/mol. The summed E-state index contributed by atoms with van der Waals surface area (Å²) in [4.78, 5) is 12.1. The SMILES string of the molecule is O=C(Nc1ccc(Br)cc1F)C1Cc2ccccc21. The number of benzene rings is 2. The van der Waals surface area contributed by atoms with Crippen molar-refractivity contribution in [1.29, 1.82) is 0 Å². The predicted octanol–water partition coefficient (Wildman–Crippen LogP) is 3.87. The second-order valence-electron chi connectivity index (χ2n) is 4.57. The third-order valence-corrected chi connectivity index (χ3v) is 3.85. The Bertz CT molecular complexity index is 656. The van der Waals surface area contributed by atoms with Crippen LogP contribution in [0.2, 0.25) is 0 Å². The summed E-state index contributed by atoms with van der Waals surface area (Å²) in [7, 11) is 0. The van der Waals surface area contributed by atoms with Crippen molar-refractivity contribution in [2.24, 2.45) is 0 Å². The number of halogens is 2. The molecule has 0 saturated carbocycles. The van der Waals surface area contributed by atoms with Crippen LogP contribution in [0.4, 0.5) is 10.1 Å². The number of amides is 1. The minimum atomic E-state index is -0.435. The molecule has 1 unspecified atom stereocenters. The van der Waals surface area contributed by atoms with Crippen molar-refractivity contribution >= 4 is 27.5 Å². The van der Waals surface area contributed by atoms with Crippen LogP contribution in [0.1, 0.15) is 17.0 Å². The van der Waals surface area contributed by atoms with E-state index in [0.717, 1.165) is 12.0 Å². The van der Waals surface area contributed by atoms with Crippen LogP contribution in [-0.2, 0) is 11.2 Å². The second-order valence-corrected chi connectivity index (χ2v) is 5.48. The van der Waals surface area contributed by atoms with E-state index in [1.54, 1.807) is 12.1 Å². The van der Waals surface area contributed by atoms with Crippen molar-refractivity contribution in [3.63, 3.8) is 0 Å². The summed E-state index contributed by atoms with van der Waals surface area (Å²) >= 11 is 3.18. The smallest absolute Gasteiger partial charge is 0.232 e. The summed E-state index contributed by atoms with van der Waals surface area (Å²) in [6, 6.07) is 12.4. The minimum absolute atomic E-state index is 0.153. The number of rotatable bonds is 2. The van der Waals surface area contributed by atoms with Crippen molar-refractivity contribution in [3.8, 4) is 0 Å². The first-order valence-electron chi connectivity index (χ1n) is 5.99. The van der Waals surface area contributed by atoms with Gasteiger partial charge in [-0.05, 0) is 35.7 Å². The summed E-state index contributed by atoms with van der Waals surface area (Å²) in [6.07, 6.45) is 0.722. The molecule has 2 aromatic carbocycles. The van der Waals surface area contributed by atoms with Gasteiger partial charge in [-0.15, -0.1) is 0 Å². The number of hydrogen-bond donors (Lipinski definition) is 1. The summed E-state index contributed by atoms with van der Waals surface area (Å²) < 4.78 is 14.3. The van der Waals surface area contributed by atoms with Crippen LogP contribution in [-0.4, -0.2) is 5.91 Å². The zero-order chi connectivity index (χ0) is 13.4. The van der Waals surface area contributed by atoms with E-state index >= 15 is 0 Å². The highest BCUT2D eigenvalue weighted by molar-refractivity contribution is 9.10. The maximum absolute atomic E-state index is 13.6. The number of fused-ring (bicyclic) bond motifs is 1. The van der Waals surface area contributed by atoms with Crippen molar-refractivity contribution < 1.29 is 9.18 Å². The van der Waals surface area contributed by atoms with Crippen LogP contribution in [0.3, 0.4) is 0 Å². The van der Waals surface area contributed by atoms with E-state index in [0.29, 0.717) is 4.47 Å². The lowest BCUT2D eigenvalue weighted by Crippen LogP contribution is -2.30. The number of carbonyl (C=O) groups is 1. The van der Waals surface area contributed by atoms with E-state index in [2.05, 4.69) is 21.2 Å². The molecule has 1 N–H and O–H groups in total. The summed E-state index contributed by atoms with van der Waals surface area (Å²) in [6.45, 7) is 0. The molecule has 0 radical (unpaired) electrons. The van der Waals surface area contributed by atoms with Crippen molar-refractivity contribution in [3.05, 3.63) is 63.9 Å². The molecule has 4 heteroatoms. The molecular formula is C15H11BrFNO. The molecular weight excluding hydrogens is 309 g/mol. The molecule has 96 valence electrons. The van der Waals surface area contributed by atoms with Crippen LogP contribution < -0.4 is 5.32 Å². The first-order chi connectivity index (χ1) is 9.15. The first-order valence-corrected chi connectivity index (χ1v) is 6.78. The van der Waals surface area contributed by atoms with Crippen LogP contribution in [0.5, 0.6) is 0 Å². The van der Waals surface area contributed by atoms with Gasteiger partial charge in [-0.25, -0.2) is 4.39 Å². The maximum atomic E-state index is 13.6. The van der Waals surface area contributed by atoms with Crippen molar-refractivity contribution in [2.75, 3.05) is 5.32 Å². The normalized spacial score (nSPS) is 16.4. The molecule has 0 bridgehead atoms. The van der Waals surface area contributed by atoms with E-state index in [1.807, 2.05) is 24.3 Å². The third kappa shape index (κ3) is 2.28. The molecule has 19 heavy (non-hydrogen) atoms. The van der Waals surface area contributed by atoms with E-state index in [-0.39, 0.29) is 17.5 Å². The molecule has 0 fully saturated rings. The molecule has 0 saturated heterocycles. The van der Waals surface area contributed by atoms with E-state index in [9.17, 15) is 9.18 Å². The second kappa shape index (κ2) is 4.78. The molecule has 1 amide bonds. The highest BCUT2D eigenvalue weighted by atomic mass is 79.9. The van der Waals surface area contributed by atoms with Gasteiger partial charge < -0.3 is 5.32 Å². The van der Waals surface area contributed by atoms with Crippen molar-refractivity contribution in [2.45, 2.75) is 12.3 Å². The molecule has 3 rings (SSSR count). The van der Waals surface area contributed by atoms with Crippen LogP contribution in [0.15, 0.2) is 46.9 Å². The Kier molecular flexibility index (Phi) is 3.11. The molecule has 2 nitrogen and oxygen atoms in total. The van der Waals surface area contributed by atoms with Gasteiger partial charge in [0.25, 0.3) is 0 Å². The molecule has 0 spiro atoms. The minimum Gasteiger partial charge on any atom is -0.323 e. The zero-order valence-electron chi connectivity index (χ0n) is 9.99. The van der Waals surface area contributed by atoms with E-state index in [4.69, 9.17) is 0 Å². The third-order valence-electron chi connectivity index (χ3n) is 3.36. The Morgan fingerprint density at radius 2 is 2.05 bits per heavy atom. The van der Waals surface area contributed by atoms with E-state index in [1.165, 1.54) is 11.6 Å². The lowest BCUT2D eigenvalue weighted by Gasteiger charge is -2.28. The fraction of sp³-hybridized carbons (Fsp3) is 0.133. The Labute approximate surface area is 118 Å². The monoisotopic (exact) mass is 319 g/mol. The average Bonchev–Trinajstić information content (AvgIpc) is 2.34. The van der Waals surface area contributed by atoms with Gasteiger partial charge in [-0.2, -0.15) is 0 Å². The van der Waals surface area contributed by atoms with Gasteiger partial charge in [0.05, 0.1) is 11.6 Å². The van der Waals surface area contributed by atoms with Gasteiger partial charge in [0.2, 0.25) is 5.91 Å². The van der Waals surface area contributed by atoms with Crippen LogP contribution in [0, 0.1) is 5.82 Å². The highest BCUT2D eigenvalue weighted by Gasteiger charge is 2.31. The Morgan fingerprint density at radius 1 is 1.26 bits per heavy atom. The Morgan fingerprint density at radius 3 is 2.79 bits per heavy atom. The van der Waals surface area contributed by atoms with Gasteiger partial charge in [0, 0.05) is 4.47 Å². The molecule has 1 aliphatic rings. The molecule has 1 atom stereocenters. The summed E-state index contributed by atoms with van der Waals surface area (Å²) in [5.74, 6) is -0.755. The molecule has 0 aliphatic heterocycles. The van der Waals surface area contributed by atoms with Crippen molar-refractivity contribution in [1.82, 2.24) is 0 Å². The standard InChI is InChI=1S/C15H11BrFNO/c16-10-5-6-14(13(17)8-10)18-15(19)12-7-9-3-1-2-4-11(9)12/h1-6,8,12H,7H2,(H,18,19). The Balaban J connectivity index is 1.77. The quantitative estimate of drug-likeness (QED) is 0.894. The van der Waals surface area contributed by atoms with Gasteiger partial charge in [0.1, 0.15) is 5.82 Å². The van der Waals surface area contributed by atoms with Gasteiger partial charge in [-0.3, -0.25) is 4.79 Å². The summed E-state index contributed by atoms with van der Waals surface area (Å²) in [5.41, 5.74) is 2.45. The van der Waals surface area contributed by atoms with Gasteiger partial charge in [0.15, 0.2) is 0 Å². The topological polar surface area (TPSA) is 29.1 Å². The molecule has 2 aromatic rings. The number of carbonyl (C=O) groups excluding carboxylic acids is 1. The predicted molar refractivity (Wildman–Crippen MR) is 75.6 cm³/mol. The fourth-order valence-electron chi connectivity index (χ4n) is 2.30. The molecule has 0 heterocycles. The number of hydrogen-bond acceptors (Lipinski definition) is 1. The molecule has 0 aromatic heterocycles. The zero-order valence-corrected chi connectivity index (χ0v) is 11.6. The molecule has 1 aliphatic carbocycles. The van der Waals surface area contributed by atoms with Gasteiger partial charge >= 0.3 is 0 Å². The van der Waals surface area contributed by atoms with E-state index < -0.39 is 5.82 Å². The lowest BCUT2D eigenvalue weighted by molar-refractivity contribution is -0.118. The maximum Gasteiger partial charge on any atom is 0.232 e. The largest absolute Gasteiger partial charge is 0.323 e. The first kappa shape index (κ1) is 12.4. The fourth-order valence-corrected chi connectivity index (χ4v) is 2.64. The number of anilines is 1. The van der Waals surface area contributed by atoms with Crippen LogP contribution in [0.25, 0.3) is 0 Å². The Hall–Kier alpha value is -1.68. The lowest BCUT2D eigenvalue weighted by atomic mass is 9.77. The van der Waals surface area contributed by atoms with Crippen LogP contribution >= 0.6 is 15.9 Å². The summed E-state index contributed by atoms with van der Waals surface area (Å²) in [5, 5.41) is 2.65. The number of nitrogens with one attached hydrogen (secondary N) is 1. The van der Waals surface area contributed by atoms with Gasteiger partial charge in [-0.1, -0.05) is 40.2 Å².